The smallest absolute Gasteiger partial charge is 0.231 e. The zero-order valence-electron chi connectivity index (χ0n) is 13.3. The molecule has 2 heterocycles. The molecule has 0 radical (unpaired) electrons. The molecule has 3 rings (SSSR count). The number of nitrogens with zero attached hydrogens (tertiary/aromatic N) is 3. The fourth-order valence-corrected chi connectivity index (χ4v) is 3.06. The number of carbonyl (C=O) groups excluding carboxylic acids is 1. The van der Waals surface area contributed by atoms with Crippen molar-refractivity contribution in [2.75, 3.05) is 12.5 Å². The van der Waals surface area contributed by atoms with E-state index in [0.717, 1.165) is 17.1 Å². The quantitative estimate of drug-likeness (QED) is 0.609. The number of aromatic nitrogens is 3. The summed E-state index contributed by atoms with van der Waals surface area (Å²) in [6.07, 6.45) is 1.78. The van der Waals surface area contributed by atoms with Gasteiger partial charge in [-0.2, -0.15) is 0 Å². The van der Waals surface area contributed by atoms with E-state index in [4.69, 9.17) is 9.47 Å². The minimum Gasteiger partial charge on any atom is -0.454 e. The molecule has 0 atom stereocenters. The van der Waals surface area contributed by atoms with Crippen molar-refractivity contribution >= 4 is 17.7 Å². The fourth-order valence-electron chi connectivity index (χ4n) is 2.24. The third-order valence-electron chi connectivity index (χ3n) is 3.47. The second-order valence-corrected chi connectivity index (χ2v) is 6.12. The van der Waals surface area contributed by atoms with Crippen LogP contribution in [0.25, 0.3) is 0 Å². The number of fused-ring (bicyclic) bond motifs is 1. The summed E-state index contributed by atoms with van der Waals surface area (Å²) in [6, 6.07) is 5.63. The first-order chi connectivity index (χ1) is 11.7. The molecule has 126 valence electrons. The Kier molecular flexibility index (Phi) is 5.05. The minimum atomic E-state index is -0.0662. The van der Waals surface area contributed by atoms with E-state index in [0.29, 0.717) is 24.0 Å². The summed E-state index contributed by atoms with van der Waals surface area (Å²) in [5.74, 6) is 2.46. The molecule has 1 aromatic carbocycles. The normalized spacial score (nSPS) is 12.2. The van der Waals surface area contributed by atoms with Gasteiger partial charge >= 0.3 is 0 Å². The molecule has 0 aliphatic carbocycles. The van der Waals surface area contributed by atoms with Gasteiger partial charge in [0.1, 0.15) is 5.82 Å². The lowest BCUT2D eigenvalue weighted by molar-refractivity contribution is -0.118. The summed E-state index contributed by atoms with van der Waals surface area (Å²) in [5, 5.41) is 11.7. The third kappa shape index (κ3) is 3.70. The molecule has 0 bridgehead atoms. The van der Waals surface area contributed by atoms with Crippen LogP contribution in [0.15, 0.2) is 36.0 Å². The van der Waals surface area contributed by atoms with E-state index in [-0.39, 0.29) is 18.5 Å². The highest BCUT2D eigenvalue weighted by Gasteiger charge is 2.14. The molecule has 1 aliphatic heterocycles. The lowest BCUT2D eigenvalue weighted by Gasteiger charge is -2.07. The zero-order chi connectivity index (χ0) is 16.9. The standard InChI is InChI=1S/C16H18N4O3S/c1-3-6-20-11(2)18-19-16(20)24-9-15(21)17-8-12-4-5-13-14(7-12)23-10-22-13/h3-5,7H,1,6,8-10H2,2H3,(H,17,21). The lowest BCUT2D eigenvalue weighted by atomic mass is 10.2. The van der Waals surface area contributed by atoms with Crippen molar-refractivity contribution in [3.05, 3.63) is 42.2 Å². The molecular weight excluding hydrogens is 328 g/mol. The number of aryl methyl sites for hydroxylation is 1. The van der Waals surface area contributed by atoms with Crippen molar-refractivity contribution in [2.45, 2.75) is 25.2 Å². The number of rotatable bonds is 7. The van der Waals surface area contributed by atoms with Crippen LogP contribution < -0.4 is 14.8 Å². The van der Waals surface area contributed by atoms with E-state index >= 15 is 0 Å². The van der Waals surface area contributed by atoms with Crippen molar-refractivity contribution in [3.8, 4) is 11.5 Å². The van der Waals surface area contributed by atoms with E-state index < -0.39 is 0 Å². The molecule has 8 heteroatoms. The van der Waals surface area contributed by atoms with Gasteiger partial charge in [0.15, 0.2) is 16.7 Å². The van der Waals surface area contributed by atoms with E-state index in [9.17, 15) is 4.79 Å². The second kappa shape index (κ2) is 7.39. The van der Waals surface area contributed by atoms with E-state index in [1.807, 2.05) is 29.7 Å². The number of carbonyl (C=O) groups is 1. The van der Waals surface area contributed by atoms with Crippen LogP contribution in [0.5, 0.6) is 11.5 Å². The Morgan fingerprint density at radius 2 is 2.25 bits per heavy atom. The zero-order valence-corrected chi connectivity index (χ0v) is 14.1. The van der Waals surface area contributed by atoms with E-state index in [2.05, 4.69) is 22.1 Å². The van der Waals surface area contributed by atoms with Gasteiger partial charge in [-0.15, -0.1) is 16.8 Å². The summed E-state index contributed by atoms with van der Waals surface area (Å²) in [6.45, 7) is 6.90. The second-order valence-electron chi connectivity index (χ2n) is 5.18. The van der Waals surface area contributed by atoms with Crippen molar-refractivity contribution in [2.24, 2.45) is 0 Å². The van der Waals surface area contributed by atoms with Gasteiger partial charge in [-0.25, -0.2) is 0 Å². The fraction of sp³-hybridized carbons (Fsp3) is 0.312. The number of nitrogens with one attached hydrogen (secondary N) is 1. The average molecular weight is 346 g/mol. The van der Waals surface area contributed by atoms with E-state index in [1.165, 1.54) is 11.8 Å². The molecule has 0 spiro atoms. The molecule has 1 amide bonds. The van der Waals surface area contributed by atoms with Crippen LogP contribution in [-0.2, 0) is 17.9 Å². The Morgan fingerprint density at radius 1 is 1.42 bits per heavy atom. The van der Waals surface area contributed by atoms with Crippen LogP contribution >= 0.6 is 11.8 Å². The highest BCUT2D eigenvalue weighted by molar-refractivity contribution is 7.99. The van der Waals surface area contributed by atoms with Crippen molar-refractivity contribution in [1.29, 1.82) is 0 Å². The minimum absolute atomic E-state index is 0.0662. The molecule has 1 aliphatic rings. The van der Waals surface area contributed by atoms with Crippen LogP contribution in [0.2, 0.25) is 0 Å². The lowest BCUT2D eigenvalue weighted by Crippen LogP contribution is -2.24. The summed E-state index contributed by atoms with van der Waals surface area (Å²) in [7, 11) is 0. The van der Waals surface area contributed by atoms with Gasteiger partial charge < -0.3 is 19.4 Å². The highest BCUT2D eigenvalue weighted by Crippen LogP contribution is 2.32. The van der Waals surface area contributed by atoms with Gasteiger partial charge in [0.25, 0.3) is 0 Å². The summed E-state index contributed by atoms with van der Waals surface area (Å²) < 4.78 is 12.5. The van der Waals surface area contributed by atoms with Gasteiger partial charge in [0.05, 0.1) is 5.75 Å². The first-order valence-electron chi connectivity index (χ1n) is 7.46. The SMILES string of the molecule is C=CCn1c(C)nnc1SCC(=O)NCc1ccc2c(c1)OCO2. The molecular formula is C16H18N4O3S. The number of amides is 1. The molecule has 0 fully saturated rings. The Bertz CT molecular complexity index is 760. The monoisotopic (exact) mass is 346 g/mol. The van der Waals surface area contributed by atoms with E-state index in [1.54, 1.807) is 6.08 Å². The molecule has 2 aromatic rings. The highest BCUT2D eigenvalue weighted by atomic mass is 32.2. The van der Waals surface area contributed by atoms with Crippen molar-refractivity contribution in [3.63, 3.8) is 0 Å². The maximum Gasteiger partial charge on any atom is 0.231 e. The topological polar surface area (TPSA) is 78.3 Å². The summed E-state index contributed by atoms with van der Waals surface area (Å²) >= 11 is 1.36. The van der Waals surface area contributed by atoms with Crippen LogP contribution in [0.4, 0.5) is 0 Å². The number of hydrogen-bond donors (Lipinski definition) is 1. The Balaban J connectivity index is 1.50. The molecule has 7 nitrogen and oxygen atoms in total. The molecule has 0 saturated heterocycles. The first kappa shape index (κ1) is 16.4. The molecule has 1 aromatic heterocycles. The third-order valence-corrected chi connectivity index (χ3v) is 4.44. The maximum absolute atomic E-state index is 12.0. The van der Waals surface area contributed by atoms with Crippen molar-refractivity contribution < 1.29 is 14.3 Å². The van der Waals surface area contributed by atoms with Crippen LogP contribution in [0, 0.1) is 6.92 Å². The average Bonchev–Trinajstić information content (AvgIpc) is 3.18. The predicted molar refractivity (Wildman–Crippen MR) is 90.1 cm³/mol. The Hall–Kier alpha value is -2.48. The Morgan fingerprint density at radius 3 is 3.08 bits per heavy atom. The summed E-state index contributed by atoms with van der Waals surface area (Å²) in [4.78, 5) is 12.0. The molecule has 24 heavy (non-hydrogen) atoms. The van der Waals surface area contributed by atoms with Crippen LogP contribution in [-0.4, -0.2) is 33.2 Å². The largest absolute Gasteiger partial charge is 0.454 e. The maximum atomic E-state index is 12.0. The molecule has 0 saturated carbocycles. The van der Waals surface area contributed by atoms with Gasteiger partial charge in [-0.1, -0.05) is 23.9 Å². The van der Waals surface area contributed by atoms with Gasteiger partial charge in [-0.05, 0) is 24.6 Å². The molecule has 1 N–H and O–H groups in total. The number of thioether (sulfide) groups is 1. The first-order valence-corrected chi connectivity index (χ1v) is 8.44. The Labute approximate surface area is 144 Å². The van der Waals surface area contributed by atoms with Gasteiger partial charge in [-0.3, -0.25) is 4.79 Å². The van der Waals surface area contributed by atoms with Crippen LogP contribution in [0.1, 0.15) is 11.4 Å². The van der Waals surface area contributed by atoms with Gasteiger partial charge in [0.2, 0.25) is 12.7 Å². The molecule has 0 unspecified atom stereocenters. The number of hydrogen-bond acceptors (Lipinski definition) is 6. The van der Waals surface area contributed by atoms with Crippen molar-refractivity contribution in [1.82, 2.24) is 20.1 Å². The number of benzene rings is 1. The van der Waals surface area contributed by atoms with Gasteiger partial charge in [0, 0.05) is 13.1 Å². The van der Waals surface area contributed by atoms with Crippen LogP contribution in [0.3, 0.4) is 0 Å². The number of ether oxygens (including phenoxy) is 2. The predicted octanol–water partition coefficient (Wildman–Crippen LogP) is 1.91. The number of allylic oxidation sites excluding steroid dienone is 1. The summed E-state index contributed by atoms with van der Waals surface area (Å²) in [5.41, 5.74) is 0.961.